The molecule has 0 radical (unpaired) electrons. The lowest BCUT2D eigenvalue weighted by Gasteiger charge is -2.70. The van der Waals surface area contributed by atoms with Gasteiger partial charge in [0.25, 0.3) is 11.8 Å². The molecule has 2 bridgehead atoms. The molecule has 1 unspecified atom stereocenters. The van der Waals surface area contributed by atoms with Gasteiger partial charge >= 0.3 is 0 Å². The maximum atomic E-state index is 13.9. The Morgan fingerprint density at radius 3 is 2.05 bits per heavy atom. The van der Waals surface area contributed by atoms with Gasteiger partial charge in [-0.3, -0.25) is 43.9 Å². The maximum Gasteiger partial charge on any atom is 0.262 e. The van der Waals surface area contributed by atoms with Crippen molar-refractivity contribution in [3.05, 3.63) is 63.2 Å². The summed E-state index contributed by atoms with van der Waals surface area (Å²) in [6.07, 6.45) is 3.35. The molecule has 0 aromatic heterocycles. The summed E-state index contributed by atoms with van der Waals surface area (Å²) >= 11 is 6.25. The van der Waals surface area contributed by atoms with E-state index in [-0.39, 0.29) is 53.7 Å². The number of nitrogens with zero attached hydrogens (tertiary/aromatic N) is 4. The number of nitrogens with one attached hydrogen (secondary N) is 2. The van der Waals surface area contributed by atoms with Gasteiger partial charge in [0.1, 0.15) is 24.0 Å². The van der Waals surface area contributed by atoms with Gasteiger partial charge in [0.05, 0.1) is 32.5 Å². The molecular formula is C42H45ClN6O7. The molecule has 4 aliphatic heterocycles. The van der Waals surface area contributed by atoms with Crippen molar-refractivity contribution in [2.24, 2.45) is 21.7 Å². The summed E-state index contributed by atoms with van der Waals surface area (Å²) in [5.41, 5.74) is 1.26. The molecule has 10 rings (SSSR count). The summed E-state index contributed by atoms with van der Waals surface area (Å²) in [5, 5.41) is 15.2. The molecule has 2 aromatic rings. The number of carbonyl (C=O) groups excluding carboxylic acids is 6. The Bertz CT molecular complexity index is 2120. The van der Waals surface area contributed by atoms with E-state index in [2.05, 4.69) is 49.3 Å². The standard InChI is InChI=1S/C42H45ClN6O7/c1-39(2)35(40(3,4)36(39)56-26-6-5-22(16-44)29(43)15-26)46-37(54)41-19-42(20-41,21-41)38(55)47-11-9-25(10-12-47)48-17-23-13-27-28(14-24(23)18-48)34(53)49(33(27)52)30-7-8-31(50)45-32(30)51/h5-6,13-15,25,30,35-36H,7-12,17-21H2,1-4H3,(H,46,54)(H,45,50,51). The third-order valence-electron chi connectivity index (χ3n) is 14.2. The van der Waals surface area contributed by atoms with Crippen LogP contribution in [0.25, 0.3) is 0 Å². The van der Waals surface area contributed by atoms with E-state index in [1.54, 1.807) is 30.3 Å². The average Bonchev–Trinajstić information content (AvgIpc) is 3.64. The van der Waals surface area contributed by atoms with E-state index in [1.807, 2.05) is 4.90 Å². The number of likely N-dealkylation sites (tertiary alicyclic amines) is 1. The third-order valence-corrected chi connectivity index (χ3v) is 14.5. The third kappa shape index (κ3) is 5.28. The molecule has 4 aliphatic carbocycles. The first-order valence-corrected chi connectivity index (χ1v) is 19.9. The summed E-state index contributed by atoms with van der Waals surface area (Å²) in [5.74, 6) is -1.27. The van der Waals surface area contributed by atoms with Crippen LogP contribution < -0.4 is 15.4 Å². The van der Waals surface area contributed by atoms with Crippen LogP contribution in [0.2, 0.25) is 5.02 Å². The number of rotatable bonds is 7. The highest BCUT2D eigenvalue weighted by molar-refractivity contribution is 6.31. The topological polar surface area (TPSA) is 169 Å². The molecule has 0 spiro atoms. The summed E-state index contributed by atoms with van der Waals surface area (Å²) in [4.78, 5) is 83.8. The van der Waals surface area contributed by atoms with Crippen molar-refractivity contribution >= 4 is 47.0 Å². The van der Waals surface area contributed by atoms with Crippen molar-refractivity contribution in [1.29, 1.82) is 5.26 Å². The fraction of sp³-hybridized carbons (Fsp3) is 0.548. The van der Waals surface area contributed by atoms with Crippen LogP contribution >= 0.6 is 11.6 Å². The molecule has 14 heteroatoms. The van der Waals surface area contributed by atoms with Crippen molar-refractivity contribution in [3.8, 4) is 11.8 Å². The van der Waals surface area contributed by atoms with Gasteiger partial charge in [0, 0.05) is 61.6 Å². The normalized spacial score (nSPS) is 31.3. The number of nitriles is 1. The summed E-state index contributed by atoms with van der Waals surface area (Å²) < 4.78 is 6.39. The highest BCUT2D eigenvalue weighted by Crippen LogP contribution is 2.74. The van der Waals surface area contributed by atoms with E-state index in [0.29, 0.717) is 72.9 Å². The number of carbonyl (C=O) groups is 6. The van der Waals surface area contributed by atoms with E-state index < -0.39 is 40.5 Å². The molecule has 56 heavy (non-hydrogen) atoms. The minimum absolute atomic E-state index is 0.0172. The molecule has 1 atom stereocenters. The van der Waals surface area contributed by atoms with Crippen molar-refractivity contribution in [2.45, 2.75) is 110 Å². The van der Waals surface area contributed by atoms with Gasteiger partial charge in [0.2, 0.25) is 23.6 Å². The molecule has 8 aliphatic rings. The Hall–Kier alpha value is -4.80. The van der Waals surface area contributed by atoms with Gasteiger partial charge in [-0.05, 0) is 73.9 Å². The molecule has 292 valence electrons. The maximum absolute atomic E-state index is 13.9. The Morgan fingerprint density at radius 2 is 1.50 bits per heavy atom. The van der Waals surface area contributed by atoms with Gasteiger partial charge in [-0.15, -0.1) is 0 Å². The lowest BCUT2D eigenvalue weighted by Crippen LogP contribution is -2.78. The van der Waals surface area contributed by atoms with Crippen LogP contribution in [-0.2, 0) is 32.3 Å². The molecule has 6 amide bonds. The molecule has 2 aromatic carbocycles. The van der Waals surface area contributed by atoms with Gasteiger partial charge in [-0.2, -0.15) is 5.26 Å². The largest absolute Gasteiger partial charge is 0.489 e. The van der Waals surface area contributed by atoms with Gasteiger partial charge < -0.3 is 15.0 Å². The van der Waals surface area contributed by atoms with Crippen LogP contribution in [0.15, 0.2) is 30.3 Å². The predicted octanol–water partition coefficient (Wildman–Crippen LogP) is 4.09. The molecular weight excluding hydrogens is 736 g/mol. The number of halogens is 1. The van der Waals surface area contributed by atoms with Crippen molar-refractivity contribution in [1.82, 2.24) is 25.3 Å². The zero-order valence-electron chi connectivity index (χ0n) is 32.0. The average molecular weight is 781 g/mol. The van der Waals surface area contributed by atoms with E-state index in [9.17, 15) is 34.0 Å². The summed E-state index contributed by atoms with van der Waals surface area (Å²) in [7, 11) is 0. The van der Waals surface area contributed by atoms with Gasteiger partial charge in [-0.25, -0.2) is 0 Å². The van der Waals surface area contributed by atoms with Gasteiger partial charge in [-0.1, -0.05) is 39.3 Å². The lowest BCUT2D eigenvalue weighted by atomic mass is 9.34. The van der Waals surface area contributed by atoms with Crippen molar-refractivity contribution in [3.63, 3.8) is 0 Å². The highest BCUT2D eigenvalue weighted by Gasteiger charge is 2.76. The van der Waals surface area contributed by atoms with E-state index in [0.717, 1.165) is 28.9 Å². The minimum Gasteiger partial charge on any atom is -0.489 e. The summed E-state index contributed by atoms with van der Waals surface area (Å²) in [6.45, 7) is 10.9. The highest BCUT2D eigenvalue weighted by atomic mass is 35.5. The second-order valence-corrected chi connectivity index (χ2v) is 18.8. The Balaban J connectivity index is 0.765. The molecule has 6 fully saturated rings. The molecule has 4 heterocycles. The first kappa shape index (κ1) is 36.8. The quantitative estimate of drug-likeness (QED) is 0.393. The van der Waals surface area contributed by atoms with Crippen LogP contribution in [0.3, 0.4) is 0 Å². The number of hydrogen-bond donors (Lipinski definition) is 2. The second-order valence-electron chi connectivity index (χ2n) is 18.4. The van der Waals surface area contributed by atoms with Crippen LogP contribution in [0.4, 0.5) is 0 Å². The number of benzene rings is 2. The van der Waals surface area contributed by atoms with Crippen molar-refractivity contribution in [2.75, 3.05) is 13.1 Å². The van der Waals surface area contributed by atoms with Crippen LogP contribution in [0, 0.1) is 33.0 Å². The zero-order chi connectivity index (χ0) is 39.7. The Labute approximate surface area is 330 Å². The predicted molar refractivity (Wildman–Crippen MR) is 201 cm³/mol. The smallest absolute Gasteiger partial charge is 0.262 e. The zero-order valence-corrected chi connectivity index (χ0v) is 32.8. The fourth-order valence-electron chi connectivity index (χ4n) is 11.6. The molecule has 13 nitrogen and oxygen atoms in total. The number of imide groups is 2. The minimum atomic E-state index is -0.989. The Kier molecular flexibility index (Phi) is 8.12. The summed E-state index contributed by atoms with van der Waals surface area (Å²) in [6, 6.07) is 9.81. The Morgan fingerprint density at radius 1 is 0.893 bits per heavy atom. The van der Waals surface area contributed by atoms with Crippen LogP contribution in [0.5, 0.6) is 5.75 Å². The fourth-order valence-corrected chi connectivity index (χ4v) is 11.8. The SMILES string of the molecule is CC1(C)C(NC(=O)C23CC(C(=O)N4CCC(N5Cc6cc7c(cc6C5)C(=O)N(C5CCC(=O)NC5=O)C7=O)CC4)(C2)C3)C(C)(C)C1Oc1ccc(C#N)c(Cl)c1. The molecule has 4 saturated carbocycles. The number of fused-ring (bicyclic) bond motifs is 2. The lowest BCUT2D eigenvalue weighted by molar-refractivity contribution is -0.223. The van der Waals surface area contributed by atoms with Crippen molar-refractivity contribution < 1.29 is 33.5 Å². The molecule has 2 saturated heterocycles. The van der Waals surface area contributed by atoms with Gasteiger partial charge in [0.15, 0.2) is 0 Å². The van der Waals surface area contributed by atoms with Crippen LogP contribution in [0.1, 0.15) is 110 Å². The number of ether oxygens (including phenoxy) is 1. The van der Waals surface area contributed by atoms with E-state index in [1.165, 1.54) is 0 Å². The second kappa shape index (κ2) is 12.3. The monoisotopic (exact) mass is 780 g/mol. The first-order valence-electron chi connectivity index (χ1n) is 19.6. The first-order chi connectivity index (χ1) is 26.5. The molecule has 2 N–H and O–H groups in total. The van der Waals surface area contributed by atoms with E-state index >= 15 is 0 Å². The number of hydrogen-bond acceptors (Lipinski definition) is 9. The number of piperidine rings is 2. The van der Waals surface area contributed by atoms with Crippen LogP contribution in [-0.4, -0.2) is 87.5 Å². The number of amides is 6. The van der Waals surface area contributed by atoms with E-state index in [4.69, 9.17) is 16.3 Å².